The summed E-state index contributed by atoms with van der Waals surface area (Å²) in [6, 6.07) is 14.2. The number of hydrogen-bond donors (Lipinski definition) is 1. The van der Waals surface area contributed by atoms with Gasteiger partial charge in [0.15, 0.2) is 11.6 Å². The summed E-state index contributed by atoms with van der Waals surface area (Å²) in [5.74, 6) is -1.14. The molecule has 4 rings (SSSR count). The van der Waals surface area contributed by atoms with Gasteiger partial charge < -0.3 is 10.0 Å². The Bertz CT molecular complexity index is 1010. The van der Waals surface area contributed by atoms with E-state index in [0.717, 1.165) is 29.8 Å². The Morgan fingerprint density at radius 2 is 1.89 bits per heavy atom. The summed E-state index contributed by atoms with van der Waals surface area (Å²) in [6.45, 7) is 1.22. The SMILES string of the molecule is Cn1nc(-c2ccccc2)c2c1CCN(C(=O)Cc1ccc(O)c(F)c1)CC2. The number of phenols is 1. The number of rotatable bonds is 3. The molecule has 0 aliphatic carbocycles. The first-order valence-electron chi connectivity index (χ1n) is 9.38. The van der Waals surface area contributed by atoms with Crippen LogP contribution in [-0.4, -0.2) is 38.8 Å². The number of carbonyl (C=O) groups excluding carboxylic acids is 1. The van der Waals surface area contributed by atoms with Gasteiger partial charge in [-0.15, -0.1) is 0 Å². The molecule has 5 nitrogen and oxygen atoms in total. The molecule has 0 bridgehead atoms. The number of carbonyl (C=O) groups is 1. The Labute approximate surface area is 163 Å². The van der Waals surface area contributed by atoms with Gasteiger partial charge >= 0.3 is 0 Å². The maximum Gasteiger partial charge on any atom is 0.227 e. The van der Waals surface area contributed by atoms with Gasteiger partial charge in [-0.25, -0.2) is 4.39 Å². The van der Waals surface area contributed by atoms with Crippen molar-refractivity contribution in [1.29, 1.82) is 0 Å². The summed E-state index contributed by atoms with van der Waals surface area (Å²) in [6.07, 6.45) is 1.60. The Balaban J connectivity index is 1.51. The molecule has 0 atom stereocenters. The van der Waals surface area contributed by atoms with Gasteiger partial charge in [0, 0.05) is 43.4 Å². The number of aromatic nitrogens is 2. The van der Waals surface area contributed by atoms with Gasteiger partial charge in [0.2, 0.25) is 5.91 Å². The van der Waals surface area contributed by atoms with E-state index >= 15 is 0 Å². The molecule has 28 heavy (non-hydrogen) atoms. The van der Waals surface area contributed by atoms with Crippen LogP contribution in [0, 0.1) is 5.82 Å². The predicted molar refractivity (Wildman–Crippen MR) is 104 cm³/mol. The monoisotopic (exact) mass is 379 g/mol. The summed E-state index contributed by atoms with van der Waals surface area (Å²) < 4.78 is 15.5. The van der Waals surface area contributed by atoms with Gasteiger partial charge in [-0.1, -0.05) is 36.4 Å². The summed E-state index contributed by atoms with van der Waals surface area (Å²) >= 11 is 0. The molecule has 1 aromatic heterocycles. The van der Waals surface area contributed by atoms with Crippen molar-refractivity contribution in [2.24, 2.45) is 7.05 Å². The molecule has 2 heterocycles. The Morgan fingerprint density at radius 3 is 2.64 bits per heavy atom. The van der Waals surface area contributed by atoms with Crippen molar-refractivity contribution in [3.63, 3.8) is 0 Å². The second-order valence-corrected chi connectivity index (χ2v) is 7.11. The van der Waals surface area contributed by atoms with Crippen LogP contribution in [0.5, 0.6) is 5.75 Å². The number of halogens is 1. The number of benzene rings is 2. The third kappa shape index (κ3) is 3.50. The van der Waals surface area contributed by atoms with E-state index in [1.807, 2.05) is 34.8 Å². The molecule has 0 fully saturated rings. The zero-order valence-corrected chi connectivity index (χ0v) is 15.7. The zero-order valence-electron chi connectivity index (χ0n) is 15.7. The number of fused-ring (bicyclic) bond motifs is 1. The maximum absolute atomic E-state index is 13.5. The molecule has 2 aromatic carbocycles. The Hall–Kier alpha value is -3.15. The number of aryl methyl sites for hydroxylation is 1. The van der Waals surface area contributed by atoms with Gasteiger partial charge in [0.1, 0.15) is 0 Å². The van der Waals surface area contributed by atoms with E-state index < -0.39 is 11.6 Å². The van der Waals surface area contributed by atoms with Crippen LogP contribution in [0.15, 0.2) is 48.5 Å². The molecule has 144 valence electrons. The van der Waals surface area contributed by atoms with Crippen LogP contribution in [0.1, 0.15) is 16.8 Å². The maximum atomic E-state index is 13.5. The molecule has 1 N–H and O–H groups in total. The number of nitrogens with zero attached hydrogens (tertiary/aromatic N) is 3. The molecular formula is C22H22FN3O2. The number of phenolic OH excluding ortho intramolecular Hbond substituents is 1. The average molecular weight is 379 g/mol. The van der Waals surface area contributed by atoms with E-state index in [0.29, 0.717) is 18.7 Å². The lowest BCUT2D eigenvalue weighted by Gasteiger charge is -2.20. The number of aromatic hydroxyl groups is 1. The van der Waals surface area contributed by atoms with Gasteiger partial charge in [-0.3, -0.25) is 9.48 Å². The largest absolute Gasteiger partial charge is 0.505 e. The standard InChI is InChI=1S/C22H22FN3O2/c1-25-19-10-12-26(21(28)14-15-7-8-20(27)18(23)13-15)11-9-17(19)22(24-25)16-5-3-2-4-6-16/h2-8,13,27H,9-12,14H2,1H3. The molecule has 0 saturated carbocycles. The first kappa shape index (κ1) is 18.2. The van der Waals surface area contributed by atoms with Crippen LogP contribution in [0.4, 0.5) is 4.39 Å². The van der Waals surface area contributed by atoms with Crippen molar-refractivity contribution in [2.75, 3.05) is 13.1 Å². The molecule has 0 spiro atoms. The minimum absolute atomic E-state index is 0.0351. The van der Waals surface area contributed by atoms with Crippen LogP contribution in [0.25, 0.3) is 11.3 Å². The minimum atomic E-state index is -0.702. The average Bonchev–Trinajstić information content (AvgIpc) is 2.87. The van der Waals surface area contributed by atoms with E-state index in [9.17, 15) is 14.3 Å². The first-order chi connectivity index (χ1) is 13.5. The lowest BCUT2D eigenvalue weighted by atomic mass is 10.0. The first-order valence-corrected chi connectivity index (χ1v) is 9.38. The smallest absolute Gasteiger partial charge is 0.227 e. The van der Waals surface area contributed by atoms with Crippen molar-refractivity contribution in [3.05, 3.63) is 71.2 Å². The number of amides is 1. The topological polar surface area (TPSA) is 58.4 Å². The second-order valence-electron chi connectivity index (χ2n) is 7.11. The summed E-state index contributed by atoms with van der Waals surface area (Å²) in [7, 11) is 1.95. The second kappa shape index (κ2) is 7.46. The molecular weight excluding hydrogens is 357 g/mol. The highest BCUT2D eigenvalue weighted by atomic mass is 19.1. The van der Waals surface area contributed by atoms with E-state index in [2.05, 4.69) is 12.1 Å². The van der Waals surface area contributed by atoms with Crippen molar-refractivity contribution < 1.29 is 14.3 Å². The van der Waals surface area contributed by atoms with E-state index in [-0.39, 0.29) is 12.3 Å². The molecule has 1 amide bonds. The van der Waals surface area contributed by atoms with Crippen LogP contribution >= 0.6 is 0 Å². The third-order valence-corrected chi connectivity index (χ3v) is 5.29. The van der Waals surface area contributed by atoms with Gasteiger partial charge in [0.05, 0.1) is 12.1 Å². The lowest BCUT2D eigenvalue weighted by Crippen LogP contribution is -2.34. The van der Waals surface area contributed by atoms with E-state index in [1.165, 1.54) is 17.7 Å². The van der Waals surface area contributed by atoms with Crippen molar-refractivity contribution in [1.82, 2.24) is 14.7 Å². The van der Waals surface area contributed by atoms with Crippen LogP contribution in [-0.2, 0) is 31.1 Å². The van der Waals surface area contributed by atoms with Crippen LogP contribution in [0.2, 0.25) is 0 Å². The quantitative estimate of drug-likeness (QED) is 0.761. The molecule has 0 saturated heterocycles. The van der Waals surface area contributed by atoms with Gasteiger partial charge in [-0.05, 0) is 24.1 Å². The lowest BCUT2D eigenvalue weighted by molar-refractivity contribution is -0.130. The van der Waals surface area contributed by atoms with Crippen LogP contribution in [0.3, 0.4) is 0 Å². The normalized spacial score (nSPS) is 13.9. The minimum Gasteiger partial charge on any atom is -0.505 e. The highest BCUT2D eigenvalue weighted by Gasteiger charge is 2.24. The fraction of sp³-hybridized carbons (Fsp3) is 0.273. The van der Waals surface area contributed by atoms with Gasteiger partial charge in [0.25, 0.3) is 0 Å². The van der Waals surface area contributed by atoms with Crippen LogP contribution < -0.4 is 0 Å². The zero-order chi connectivity index (χ0) is 19.7. The fourth-order valence-electron chi connectivity index (χ4n) is 3.80. The molecule has 6 heteroatoms. The van der Waals surface area contributed by atoms with Crippen molar-refractivity contribution >= 4 is 5.91 Å². The highest BCUT2D eigenvalue weighted by Crippen LogP contribution is 2.28. The van der Waals surface area contributed by atoms with E-state index in [1.54, 1.807) is 6.07 Å². The predicted octanol–water partition coefficient (Wildman–Crippen LogP) is 3.10. The third-order valence-electron chi connectivity index (χ3n) is 5.29. The highest BCUT2D eigenvalue weighted by molar-refractivity contribution is 5.79. The van der Waals surface area contributed by atoms with Crippen molar-refractivity contribution in [3.8, 4) is 17.0 Å². The Kier molecular flexibility index (Phi) is 4.86. The summed E-state index contributed by atoms with van der Waals surface area (Å²) in [5, 5.41) is 14.0. The Morgan fingerprint density at radius 1 is 1.14 bits per heavy atom. The fourth-order valence-corrected chi connectivity index (χ4v) is 3.80. The summed E-state index contributed by atoms with van der Waals surface area (Å²) in [4.78, 5) is 14.6. The molecule has 1 aliphatic heterocycles. The summed E-state index contributed by atoms with van der Waals surface area (Å²) in [5.41, 5.74) is 4.98. The molecule has 3 aromatic rings. The molecule has 0 unspecified atom stereocenters. The van der Waals surface area contributed by atoms with Crippen molar-refractivity contribution in [2.45, 2.75) is 19.3 Å². The number of hydrogen-bond acceptors (Lipinski definition) is 3. The van der Waals surface area contributed by atoms with Gasteiger partial charge in [-0.2, -0.15) is 5.10 Å². The molecule has 0 radical (unpaired) electrons. The molecule has 1 aliphatic rings. The van der Waals surface area contributed by atoms with E-state index in [4.69, 9.17) is 5.10 Å².